The molecule has 0 amide bonds. The smallest absolute Gasteiger partial charge is 0.137 e. The van der Waals surface area contributed by atoms with Crippen molar-refractivity contribution in [3.8, 4) is 0 Å². The fraction of sp³-hybridized carbons (Fsp3) is 0.571. The van der Waals surface area contributed by atoms with E-state index in [-0.39, 0.29) is 11.7 Å². The first-order valence-corrected chi connectivity index (χ1v) is 7.11. The zero-order valence-corrected chi connectivity index (χ0v) is 11.4. The summed E-state index contributed by atoms with van der Waals surface area (Å²) in [5, 5.41) is 10.4. The second-order valence-electron chi connectivity index (χ2n) is 4.84. The van der Waals surface area contributed by atoms with Gasteiger partial charge in [0.2, 0.25) is 0 Å². The minimum Gasteiger partial charge on any atom is -0.388 e. The summed E-state index contributed by atoms with van der Waals surface area (Å²) >= 11 is 3.23. The highest BCUT2D eigenvalue weighted by molar-refractivity contribution is 9.10. The highest BCUT2D eigenvalue weighted by atomic mass is 79.9. The second-order valence-corrected chi connectivity index (χ2v) is 5.63. The number of aliphatic hydroxyl groups is 1. The number of aliphatic hydroxyl groups excluding tert-OH is 1. The van der Waals surface area contributed by atoms with Crippen LogP contribution in [0.2, 0.25) is 0 Å². The molecule has 1 aliphatic rings. The Morgan fingerprint density at radius 3 is 2.47 bits per heavy atom. The van der Waals surface area contributed by atoms with E-state index in [1.807, 2.05) is 6.07 Å². The maximum Gasteiger partial charge on any atom is 0.137 e. The summed E-state index contributed by atoms with van der Waals surface area (Å²) in [6.45, 7) is 0. The second kappa shape index (κ2) is 5.96. The standard InChI is InChI=1S/C14H18BrFO/c15-13-11(8-5-9-12(13)16)14(17)10-6-3-1-2-4-7-10/h5,8-10,14,17H,1-4,6-7H2. The van der Waals surface area contributed by atoms with E-state index in [4.69, 9.17) is 0 Å². The quantitative estimate of drug-likeness (QED) is 0.792. The van der Waals surface area contributed by atoms with Gasteiger partial charge in [-0.25, -0.2) is 4.39 Å². The Balaban J connectivity index is 2.17. The largest absolute Gasteiger partial charge is 0.388 e. The van der Waals surface area contributed by atoms with Crippen molar-refractivity contribution in [3.05, 3.63) is 34.1 Å². The monoisotopic (exact) mass is 300 g/mol. The predicted molar refractivity (Wildman–Crippen MR) is 70.3 cm³/mol. The van der Waals surface area contributed by atoms with Crippen molar-refractivity contribution in [2.45, 2.75) is 44.6 Å². The van der Waals surface area contributed by atoms with Gasteiger partial charge in [0, 0.05) is 0 Å². The summed E-state index contributed by atoms with van der Waals surface area (Å²) in [6.07, 6.45) is 6.41. The highest BCUT2D eigenvalue weighted by Gasteiger charge is 2.24. The van der Waals surface area contributed by atoms with Gasteiger partial charge in [-0.1, -0.05) is 37.8 Å². The lowest BCUT2D eigenvalue weighted by Crippen LogP contribution is -2.13. The van der Waals surface area contributed by atoms with Crippen LogP contribution in [0.1, 0.15) is 50.2 Å². The van der Waals surface area contributed by atoms with Gasteiger partial charge in [-0.2, -0.15) is 0 Å². The number of benzene rings is 1. The lowest BCUT2D eigenvalue weighted by atomic mass is 9.89. The highest BCUT2D eigenvalue weighted by Crippen LogP contribution is 2.36. The van der Waals surface area contributed by atoms with Gasteiger partial charge in [0.05, 0.1) is 10.6 Å². The van der Waals surface area contributed by atoms with Crippen LogP contribution < -0.4 is 0 Å². The van der Waals surface area contributed by atoms with Gasteiger partial charge in [0.1, 0.15) is 5.82 Å². The molecule has 2 rings (SSSR count). The van der Waals surface area contributed by atoms with Crippen molar-refractivity contribution in [3.63, 3.8) is 0 Å². The summed E-state index contributed by atoms with van der Waals surface area (Å²) < 4.78 is 13.8. The van der Waals surface area contributed by atoms with Crippen LogP contribution in [-0.4, -0.2) is 5.11 Å². The van der Waals surface area contributed by atoms with Gasteiger partial charge in [-0.3, -0.25) is 0 Å². The van der Waals surface area contributed by atoms with Gasteiger partial charge in [-0.15, -0.1) is 0 Å². The van der Waals surface area contributed by atoms with Crippen LogP contribution in [0.15, 0.2) is 22.7 Å². The van der Waals surface area contributed by atoms with Crippen molar-refractivity contribution < 1.29 is 9.50 Å². The van der Waals surface area contributed by atoms with E-state index in [9.17, 15) is 9.50 Å². The minimum atomic E-state index is -0.543. The molecule has 0 aliphatic heterocycles. The van der Waals surface area contributed by atoms with E-state index in [2.05, 4.69) is 15.9 Å². The van der Waals surface area contributed by atoms with E-state index in [0.717, 1.165) is 12.8 Å². The third-order valence-corrected chi connectivity index (χ3v) is 4.48. The third-order valence-electron chi connectivity index (χ3n) is 3.65. The van der Waals surface area contributed by atoms with Gasteiger partial charge < -0.3 is 5.11 Å². The van der Waals surface area contributed by atoms with Crippen molar-refractivity contribution in [2.24, 2.45) is 5.92 Å². The van der Waals surface area contributed by atoms with E-state index in [1.165, 1.54) is 31.7 Å². The van der Waals surface area contributed by atoms with Crippen LogP contribution in [0, 0.1) is 11.7 Å². The molecule has 0 spiro atoms. The average Bonchev–Trinajstić information content (AvgIpc) is 2.60. The summed E-state index contributed by atoms with van der Waals surface area (Å²) in [6, 6.07) is 4.88. The molecule has 0 saturated heterocycles. The first kappa shape index (κ1) is 13.0. The van der Waals surface area contributed by atoms with Crippen LogP contribution >= 0.6 is 15.9 Å². The molecule has 1 saturated carbocycles. The molecule has 1 N–H and O–H groups in total. The fourth-order valence-corrected chi connectivity index (χ4v) is 3.13. The maximum atomic E-state index is 13.4. The molecular formula is C14H18BrFO. The predicted octanol–water partition coefficient (Wildman–Crippen LogP) is 4.59. The molecule has 1 atom stereocenters. The number of hydrogen-bond donors (Lipinski definition) is 1. The molecule has 1 aromatic rings. The molecule has 0 aromatic heterocycles. The van der Waals surface area contributed by atoms with E-state index in [1.54, 1.807) is 6.07 Å². The SMILES string of the molecule is OC(c1cccc(F)c1Br)C1CCCCCC1. The first-order chi connectivity index (χ1) is 8.20. The maximum absolute atomic E-state index is 13.4. The zero-order chi connectivity index (χ0) is 12.3. The molecule has 94 valence electrons. The lowest BCUT2D eigenvalue weighted by Gasteiger charge is -2.22. The van der Waals surface area contributed by atoms with Crippen LogP contribution in [-0.2, 0) is 0 Å². The van der Waals surface area contributed by atoms with E-state index < -0.39 is 6.10 Å². The Hall–Kier alpha value is -0.410. The van der Waals surface area contributed by atoms with E-state index in [0.29, 0.717) is 10.0 Å². The van der Waals surface area contributed by atoms with Crippen molar-refractivity contribution in [1.29, 1.82) is 0 Å². The third kappa shape index (κ3) is 3.08. The molecular weight excluding hydrogens is 283 g/mol. The van der Waals surface area contributed by atoms with Crippen molar-refractivity contribution in [2.75, 3.05) is 0 Å². The summed E-state index contributed by atoms with van der Waals surface area (Å²) in [5.74, 6) is -0.0224. The molecule has 1 nitrogen and oxygen atoms in total. The zero-order valence-electron chi connectivity index (χ0n) is 9.83. The molecule has 1 fully saturated rings. The Morgan fingerprint density at radius 2 is 1.82 bits per heavy atom. The molecule has 3 heteroatoms. The summed E-state index contributed by atoms with van der Waals surface area (Å²) in [7, 11) is 0. The number of halogens is 2. The van der Waals surface area contributed by atoms with Crippen LogP contribution in [0.25, 0.3) is 0 Å². The molecule has 1 aromatic carbocycles. The van der Waals surface area contributed by atoms with E-state index >= 15 is 0 Å². The van der Waals surface area contributed by atoms with Gasteiger partial charge in [-0.05, 0) is 46.3 Å². The topological polar surface area (TPSA) is 20.2 Å². The fourth-order valence-electron chi connectivity index (χ4n) is 2.63. The molecule has 0 radical (unpaired) electrons. The number of hydrogen-bond acceptors (Lipinski definition) is 1. The van der Waals surface area contributed by atoms with Gasteiger partial charge >= 0.3 is 0 Å². The summed E-state index contributed by atoms with van der Waals surface area (Å²) in [4.78, 5) is 0. The Morgan fingerprint density at radius 1 is 1.18 bits per heavy atom. The van der Waals surface area contributed by atoms with Crippen LogP contribution in [0.4, 0.5) is 4.39 Å². The Bertz CT molecular complexity index is 372. The molecule has 17 heavy (non-hydrogen) atoms. The normalized spacial score (nSPS) is 19.9. The van der Waals surface area contributed by atoms with Crippen molar-refractivity contribution in [1.82, 2.24) is 0 Å². The molecule has 1 aliphatic carbocycles. The van der Waals surface area contributed by atoms with Gasteiger partial charge in [0.15, 0.2) is 0 Å². The van der Waals surface area contributed by atoms with Crippen LogP contribution in [0.5, 0.6) is 0 Å². The average molecular weight is 301 g/mol. The number of rotatable bonds is 2. The van der Waals surface area contributed by atoms with Crippen LogP contribution in [0.3, 0.4) is 0 Å². The molecule has 1 unspecified atom stereocenters. The lowest BCUT2D eigenvalue weighted by molar-refractivity contribution is 0.0978. The van der Waals surface area contributed by atoms with Gasteiger partial charge in [0.25, 0.3) is 0 Å². The molecule has 0 heterocycles. The minimum absolute atomic E-state index is 0.274. The van der Waals surface area contributed by atoms with Crippen molar-refractivity contribution >= 4 is 15.9 Å². The first-order valence-electron chi connectivity index (χ1n) is 6.32. The Kier molecular flexibility index (Phi) is 4.57. The Labute approximate surface area is 110 Å². The molecule has 0 bridgehead atoms. The summed E-state index contributed by atoms with van der Waals surface area (Å²) in [5.41, 5.74) is 0.692.